The van der Waals surface area contributed by atoms with Gasteiger partial charge >= 0.3 is 0 Å². The maximum absolute atomic E-state index is 12.5. The lowest BCUT2D eigenvalue weighted by atomic mass is 10.0. The van der Waals surface area contributed by atoms with Gasteiger partial charge < -0.3 is 16.0 Å². The summed E-state index contributed by atoms with van der Waals surface area (Å²) in [6.45, 7) is 1.41. The van der Waals surface area contributed by atoms with E-state index in [1.165, 1.54) is 0 Å². The zero-order valence-corrected chi connectivity index (χ0v) is 16.1. The van der Waals surface area contributed by atoms with Gasteiger partial charge in [-0.1, -0.05) is 36.4 Å². The quantitative estimate of drug-likeness (QED) is 0.582. The van der Waals surface area contributed by atoms with E-state index in [4.69, 9.17) is 0 Å². The van der Waals surface area contributed by atoms with Crippen LogP contribution in [-0.2, 0) is 16.0 Å². The van der Waals surface area contributed by atoms with Crippen molar-refractivity contribution in [3.05, 3.63) is 66.0 Å². The van der Waals surface area contributed by atoms with Crippen LogP contribution in [0.2, 0.25) is 0 Å². The fourth-order valence-corrected chi connectivity index (χ4v) is 3.42. The Balaban J connectivity index is 1.47. The molecule has 0 aliphatic carbocycles. The predicted octanol–water partition coefficient (Wildman–Crippen LogP) is 2.13. The van der Waals surface area contributed by atoms with Crippen LogP contribution in [-0.4, -0.2) is 35.9 Å². The normalized spacial score (nSPS) is 17.1. The molecule has 1 unspecified atom stereocenters. The number of benzene rings is 1. The number of hydrogen-bond acceptors (Lipinski definition) is 4. The highest BCUT2D eigenvalue weighted by Gasteiger charge is 2.21. The number of rotatable bonds is 9. The van der Waals surface area contributed by atoms with Gasteiger partial charge in [-0.05, 0) is 43.5 Å². The molecule has 3 rings (SSSR count). The molecule has 3 N–H and O–H groups in total. The van der Waals surface area contributed by atoms with Gasteiger partial charge in [-0.15, -0.1) is 0 Å². The second-order valence-corrected chi connectivity index (χ2v) is 7.10. The number of nitrogens with zero attached hydrogens (tertiary/aromatic N) is 1. The Labute approximate surface area is 166 Å². The molecule has 0 bridgehead atoms. The molecule has 28 heavy (non-hydrogen) atoms. The fraction of sp³-hybridized carbons (Fsp3) is 0.409. The second kappa shape index (κ2) is 10.6. The van der Waals surface area contributed by atoms with Gasteiger partial charge in [-0.25, -0.2) is 0 Å². The number of aromatic nitrogens is 1. The van der Waals surface area contributed by atoms with Crippen LogP contribution < -0.4 is 16.0 Å². The minimum atomic E-state index is -0.124. The molecule has 148 valence electrons. The van der Waals surface area contributed by atoms with Crippen LogP contribution in [0.1, 0.15) is 43.0 Å². The van der Waals surface area contributed by atoms with Crippen molar-refractivity contribution < 1.29 is 9.59 Å². The molecule has 2 atom stereocenters. The highest BCUT2D eigenvalue weighted by Crippen LogP contribution is 2.17. The summed E-state index contributed by atoms with van der Waals surface area (Å²) >= 11 is 0. The van der Waals surface area contributed by atoms with E-state index in [1.807, 2.05) is 48.5 Å². The predicted molar refractivity (Wildman–Crippen MR) is 109 cm³/mol. The first-order valence-electron chi connectivity index (χ1n) is 9.97. The lowest BCUT2D eigenvalue weighted by Gasteiger charge is -2.19. The molecule has 6 heteroatoms. The van der Waals surface area contributed by atoms with Gasteiger partial charge in [0.1, 0.15) is 0 Å². The molecule has 1 aliphatic heterocycles. The standard InChI is InChI=1S/C22H28N4O2/c27-21(12-7-15-25-22(28)19-11-6-14-24-19)26-20(17-8-2-1-3-9-17)16-18-10-4-5-13-23-18/h1-5,8-10,13,19-20,24H,6-7,11-12,14-16H2,(H,25,28)(H,26,27)/t19?,20-/m0/s1. The van der Waals surface area contributed by atoms with Crippen LogP contribution in [0.15, 0.2) is 54.7 Å². The average molecular weight is 380 g/mol. The minimum Gasteiger partial charge on any atom is -0.355 e. The van der Waals surface area contributed by atoms with Crippen molar-refractivity contribution in [3.8, 4) is 0 Å². The van der Waals surface area contributed by atoms with Crippen molar-refractivity contribution in [1.29, 1.82) is 0 Å². The number of carbonyl (C=O) groups is 2. The van der Waals surface area contributed by atoms with Crippen molar-refractivity contribution >= 4 is 11.8 Å². The van der Waals surface area contributed by atoms with Crippen LogP contribution in [0, 0.1) is 0 Å². The van der Waals surface area contributed by atoms with Gasteiger partial charge in [0, 0.05) is 31.3 Å². The summed E-state index contributed by atoms with van der Waals surface area (Å²) in [5.41, 5.74) is 2.00. The van der Waals surface area contributed by atoms with Crippen LogP contribution in [0.3, 0.4) is 0 Å². The number of pyridine rings is 1. The van der Waals surface area contributed by atoms with Crippen molar-refractivity contribution in [2.75, 3.05) is 13.1 Å². The van der Waals surface area contributed by atoms with E-state index in [-0.39, 0.29) is 23.9 Å². The molecule has 0 radical (unpaired) electrons. The summed E-state index contributed by atoms with van der Waals surface area (Å²) < 4.78 is 0. The number of carbonyl (C=O) groups excluding carboxylic acids is 2. The maximum atomic E-state index is 12.5. The minimum absolute atomic E-state index is 0.0157. The molecule has 0 saturated carbocycles. The smallest absolute Gasteiger partial charge is 0.237 e. The van der Waals surface area contributed by atoms with Gasteiger partial charge in [-0.2, -0.15) is 0 Å². The second-order valence-electron chi connectivity index (χ2n) is 7.10. The third-order valence-electron chi connectivity index (χ3n) is 4.93. The monoisotopic (exact) mass is 380 g/mol. The molecule has 2 amide bonds. The molecule has 1 aromatic heterocycles. The van der Waals surface area contributed by atoms with E-state index < -0.39 is 0 Å². The van der Waals surface area contributed by atoms with Gasteiger partial charge in [-0.3, -0.25) is 14.6 Å². The van der Waals surface area contributed by atoms with E-state index >= 15 is 0 Å². The lowest BCUT2D eigenvalue weighted by Crippen LogP contribution is -2.41. The maximum Gasteiger partial charge on any atom is 0.237 e. The molecule has 0 spiro atoms. The van der Waals surface area contributed by atoms with Crippen molar-refractivity contribution in [3.63, 3.8) is 0 Å². The molecule has 1 saturated heterocycles. The van der Waals surface area contributed by atoms with E-state index in [1.54, 1.807) is 6.20 Å². The Kier molecular flexibility index (Phi) is 7.55. The largest absolute Gasteiger partial charge is 0.355 e. The number of nitrogens with one attached hydrogen (secondary N) is 3. The van der Waals surface area contributed by atoms with Gasteiger partial charge in [0.2, 0.25) is 11.8 Å². The molecule has 1 aromatic carbocycles. The van der Waals surface area contributed by atoms with Crippen LogP contribution in [0.25, 0.3) is 0 Å². The fourth-order valence-electron chi connectivity index (χ4n) is 3.42. The van der Waals surface area contributed by atoms with Gasteiger partial charge in [0.15, 0.2) is 0 Å². The van der Waals surface area contributed by atoms with Crippen molar-refractivity contribution in [2.45, 2.75) is 44.2 Å². The van der Waals surface area contributed by atoms with E-state index in [2.05, 4.69) is 20.9 Å². The zero-order valence-electron chi connectivity index (χ0n) is 16.1. The Morgan fingerprint density at radius 1 is 1.14 bits per heavy atom. The van der Waals surface area contributed by atoms with Crippen LogP contribution in [0.5, 0.6) is 0 Å². The summed E-state index contributed by atoms with van der Waals surface area (Å²) in [7, 11) is 0. The number of hydrogen-bond donors (Lipinski definition) is 3. The first-order valence-corrected chi connectivity index (χ1v) is 9.97. The topological polar surface area (TPSA) is 83.1 Å². The van der Waals surface area contributed by atoms with E-state index in [0.29, 0.717) is 25.8 Å². The molecular formula is C22H28N4O2. The lowest BCUT2D eigenvalue weighted by molar-refractivity contribution is -0.124. The van der Waals surface area contributed by atoms with E-state index in [9.17, 15) is 9.59 Å². The van der Waals surface area contributed by atoms with Gasteiger partial charge in [0.25, 0.3) is 0 Å². The Bertz CT molecular complexity index is 746. The summed E-state index contributed by atoms with van der Waals surface area (Å²) in [6.07, 6.45) is 5.33. The highest BCUT2D eigenvalue weighted by atomic mass is 16.2. The van der Waals surface area contributed by atoms with Crippen molar-refractivity contribution in [2.24, 2.45) is 0 Å². The Morgan fingerprint density at radius 3 is 2.68 bits per heavy atom. The SMILES string of the molecule is O=C(CCCNC(=O)C1CCCN1)N[C@@H](Cc1ccccn1)c1ccccc1. The van der Waals surface area contributed by atoms with Crippen LogP contribution >= 0.6 is 0 Å². The first-order chi connectivity index (χ1) is 13.7. The van der Waals surface area contributed by atoms with Crippen LogP contribution in [0.4, 0.5) is 0 Å². The molecule has 1 aliphatic rings. The zero-order chi connectivity index (χ0) is 19.6. The Morgan fingerprint density at radius 2 is 1.96 bits per heavy atom. The summed E-state index contributed by atoms with van der Waals surface area (Å²) in [4.78, 5) is 28.8. The number of amides is 2. The molecular weight excluding hydrogens is 352 g/mol. The molecule has 2 aromatic rings. The third kappa shape index (κ3) is 6.16. The van der Waals surface area contributed by atoms with Crippen molar-refractivity contribution in [1.82, 2.24) is 20.9 Å². The van der Waals surface area contributed by atoms with E-state index in [0.717, 1.165) is 30.6 Å². The summed E-state index contributed by atoms with van der Waals surface area (Å²) in [5.74, 6) is 0.0215. The molecule has 2 heterocycles. The first kappa shape index (κ1) is 20.0. The Hall–Kier alpha value is -2.73. The van der Waals surface area contributed by atoms with Gasteiger partial charge in [0.05, 0.1) is 12.1 Å². The third-order valence-corrected chi connectivity index (χ3v) is 4.93. The summed E-state index contributed by atoms with van der Waals surface area (Å²) in [5, 5.41) is 9.21. The molecule has 1 fully saturated rings. The molecule has 6 nitrogen and oxygen atoms in total. The summed E-state index contributed by atoms with van der Waals surface area (Å²) in [6, 6.07) is 15.5. The average Bonchev–Trinajstić information content (AvgIpc) is 3.27. The highest BCUT2D eigenvalue weighted by molar-refractivity contribution is 5.82.